The Morgan fingerprint density at radius 1 is 1.35 bits per heavy atom. The molecule has 1 unspecified atom stereocenters. The standard InChI is InChI=1S/C16H18N2O2/c1-16(2,3)11-4-5-14-12(8-11)15(19)13(9-20-14)18-7-6-17-10-18/h4-8,10,13H,9H2,1-3H3. The molecule has 0 aliphatic carbocycles. The van der Waals surface area contributed by atoms with Crippen LogP contribution in [0.2, 0.25) is 0 Å². The van der Waals surface area contributed by atoms with Crippen molar-refractivity contribution in [2.45, 2.75) is 32.2 Å². The van der Waals surface area contributed by atoms with E-state index < -0.39 is 0 Å². The maximum atomic E-state index is 12.7. The number of imidazole rings is 1. The lowest BCUT2D eigenvalue weighted by atomic mass is 9.84. The van der Waals surface area contributed by atoms with Crippen molar-refractivity contribution in [2.24, 2.45) is 0 Å². The van der Waals surface area contributed by atoms with E-state index in [9.17, 15) is 4.79 Å². The van der Waals surface area contributed by atoms with Gasteiger partial charge in [-0.3, -0.25) is 4.79 Å². The van der Waals surface area contributed by atoms with Crippen molar-refractivity contribution in [3.8, 4) is 5.75 Å². The Hall–Kier alpha value is -2.10. The molecule has 0 saturated carbocycles. The van der Waals surface area contributed by atoms with Crippen LogP contribution in [0.15, 0.2) is 36.9 Å². The minimum absolute atomic E-state index is 0.0112. The Kier molecular flexibility index (Phi) is 2.89. The number of Topliss-reactive ketones (excluding diaryl/α,β-unsaturated/α-hetero) is 1. The molecule has 4 heteroatoms. The fraction of sp³-hybridized carbons (Fsp3) is 0.375. The Bertz CT molecular complexity index is 639. The molecule has 0 radical (unpaired) electrons. The first kappa shape index (κ1) is 12.9. The zero-order valence-electron chi connectivity index (χ0n) is 12.0. The maximum absolute atomic E-state index is 12.7. The Morgan fingerprint density at radius 3 is 2.80 bits per heavy atom. The molecule has 0 bridgehead atoms. The monoisotopic (exact) mass is 270 g/mol. The van der Waals surface area contributed by atoms with Crippen molar-refractivity contribution in [3.05, 3.63) is 48.0 Å². The van der Waals surface area contributed by atoms with E-state index in [1.54, 1.807) is 23.3 Å². The van der Waals surface area contributed by atoms with Crippen LogP contribution < -0.4 is 4.74 Å². The summed E-state index contributed by atoms with van der Waals surface area (Å²) in [5.74, 6) is 0.773. The molecule has 1 aromatic heterocycles. The van der Waals surface area contributed by atoms with Crippen LogP contribution in [0.3, 0.4) is 0 Å². The van der Waals surface area contributed by atoms with Gasteiger partial charge in [-0.1, -0.05) is 26.8 Å². The van der Waals surface area contributed by atoms with Crippen molar-refractivity contribution in [1.29, 1.82) is 0 Å². The van der Waals surface area contributed by atoms with E-state index in [2.05, 4.69) is 25.8 Å². The highest BCUT2D eigenvalue weighted by atomic mass is 16.5. The smallest absolute Gasteiger partial charge is 0.192 e. The van der Waals surface area contributed by atoms with Crippen LogP contribution in [-0.4, -0.2) is 21.9 Å². The second kappa shape index (κ2) is 4.47. The minimum Gasteiger partial charge on any atom is -0.490 e. The molecule has 3 rings (SSSR count). The molecule has 0 saturated heterocycles. The molecule has 1 atom stereocenters. The van der Waals surface area contributed by atoms with Crippen LogP contribution in [0.1, 0.15) is 42.7 Å². The van der Waals surface area contributed by atoms with Gasteiger partial charge in [0.15, 0.2) is 5.78 Å². The molecule has 1 aliphatic rings. The number of ether oxygens (including phenoxy) is 1. The molecule has 2 heterocycles. The summed E-state index contributed by atoms with van der Waals surface area (Å²) in [7, 11) is 0. The zero-order valence-corrected chi connectivity index (χ0v) is 12.0. The lowest BCUT2D eigenvalue weighted by Gasteiger charge is -2.27. The third-order valence-corrected chi connectivity index (χ3v) is 3.70. The third kappa shape index (κ3) is 2.11. The summed E-state index contributed by atoms with van der Waals surface area (Å²) >= 11 is 0. The summed E-state index contributed by atoms with van der Waals surface area (Å²) in [5.41, 5.74) is 1.82. The van der Waals surface area contributed by atoms with Crippen LogP contribution in [0.4, 0.5) is 0 Å². The molecule has 0 amide bonds. The summed E-state index contributed by atoms with van der Waals surface area (Å²) in [5, 5.41) is 0. The van der Waals surface area contributed by atoms with Crippen molar-refractivity contribution >= 4 is 5.78 Å². The summed E-state index contributed by atoms with van der Waals surface area (Å²) in [6.45, 7) is 6.76. The average Bonchev–Trinajstić information content (AvgIpc) is 2.91. The van der Waals surface area contributed by atoms with E-state index in [4.69, 9.17) is 4.74 Å². The number of ketones is 1. The SMILES string of the molecule is CC(C)(C)c1ccc2c(c1)C(=O)C(n1ccnc1)CO2. The molecule has 0 spiro atoms. The van der Waals surface area contributed by atoms with Crippen molar-refractivity contribution < 1.29 is 9.53 Å². The first-order valence-corrected chi connectivity index (χ1v) is 6.76. The topological polar surface area (TPSA) is 44.1 Å². The van der Waals surface area contributed by atoms with Gasteiger partial charge >= 0.3 is 0 Å². The molecule has 1 aliphatic heterocycles. The van der Waals surface area contributed by atoms with E-state index >= 15 is 0 Å². The molecule has 2 aromatic rings. The normalized spacial score (nSPS) is 18.6. The summed E-state index contributed by atoms with van der Waals surface area (Å²) < 4.78 is 7.53. The Balaban J connectivity index is 2.02. The number of benzene rings is 1. The lowest BCUT2D eigenvalue weighted by Crippen LogP contribution is -2.30. The first-order valence-electron chi connectivity index (χ1n) is 6.76. The van der Waals surface area contributed by atoms with Gasteiger partial charge in [0.25, 0.3) is 0 Å². The van der Waals surface area contributed by atoms with Gasteiger partial charge in [0, 0.05) is 12.4 Å². The number of aromatic nitrogens is 2. The van der Waals surface area contributed by atoms with Gasteiger partial charge in [-0.15, -0.1) is 0 Å². The van der Waals surface area contributed by atoms with Gasteiger partial charge in [0.05, 0.1) is 11.9 Å². The number of carbonyl (C=O) groups excluding carboxylic acids is 1. The highest BCUT2D eigenvalue weighted by molar-refractivity contribution is 6.02. The van der Waals surface area contributed by atoms with Crippen LogP contribution in [-0.2, 0) is 5.41 Å². The van der Waals surface area contributed by atoms with Gasteiger partial charge < -0.3 is 9.30 Å². The van der Waals surface area contributed by atoms with Gasteiger partial charge in [0.2, 0.25) is 0 Å². The second-order valence-electron chi connectivity index (χ2n) is 6.16. The summed E-state index contributed by atoms with van der Waals surface area (Å²) in [6.07, 6.45) is 5.13. The molecule has 1 aromatic carbocycles. The predicted molar refractivity (Wildman–Crippen MR) is 76.2 cm³/mol. The molecule has 4 nitrogen and oxygen atoms in total. The molecular formula is C16H18N2O2. The molecule has 0 N–H and O–H groups in total. The number of nitrogens with zero attached hydrogens (tertiary/aromatic N) is 2. The van der Waals surface area contributed by atoms with Crippen LogP contribution in [0.5, 0.6) is 5.75 Å². The Labute approximate surface area is 118 Å². The van der Waals surface area contributed by atoms with E-state index in [0.29, 0.717) is 17.9 Å². The summed E-state index contributed by atoms with van der Waals surface area (Å²) in [4.78, 5) is 16.7. The van der Waals surface area contributed by atoms with E-state index in [1.165, 1.54) is 0 Å². The average molecular weight is 270 g/mol. The fourth-order valence-electron chi connectivity index (χ4n) is 2.41. The van der Waals surface area contributed by atoms with Crippen molar-refractivity contribution in [2.75, 3.05) is 6.61 Å². The van der Waals surface area contributed by atoms with Crippen LogP contribution in [0, 0.1) is 0 Å². The van der Waals surface area contributed by atoms with Crippen LogP contribution >= 0.6 is 0 Å². The largest absolute Gasteiger partial charge is 0.490 e. The first-order chi connectivity index (χ1) is 9.47. The third-order valence-electron chi connectivity index (χ3n) is 3.70. The highest BCUT2D eigenvalue weighted by Gasteiger charge is 2.31. The number of hydrogen-bond donors (Lipinski definition) is 0. The molecule has 20 heavy (non-hydrogen) atoms. The van der Waals surface area contributed by atoms with Gasteiger partial charge in [0.1, 0.15) is 18.4 Å². The highest BCUT2D eigenvalue weighted by Crippen LogP contribution is 2.33. The molecular weight excluding hydrogens is 252 g/mol. The number of hydrogen-bond acceptors (Lipinski definition) is 3. The zero-order chi connectivity index (χ0) is 14.3. The fourth-order valence-corrected chi connectivity index (χ4v) is 2.41. The van der Waals surface area contributed by atoms with E-state index in [0.717, 1.165) is 5.56 Å². The number of carbonyl (C=O) groups is 1. The lowest BCUT2D eigenvalue weighted by molar-refractivity contribution is 0.0840. The van der Waals surface area contributed by atoms with Gasteiger partial charge in [-0.2, -0.15) is 0 Å². The summed E-state index contributed by atoms with van der Waals surface area (Å²) in [6, 6.07) is 5.57. The second-order valence-corrected chi connectivity index (χ2v) is 6.16. The van der Waals surface area contributed by atoms with Crippen molar-refractivity contribution in [3.63, 3.8) is 0 Å². The Morgan fingerprint density at radius 2 is 2.15 bits per heavy atom. The van der Waals surface area contributed by atoms with Gasteiger partial charge in [-0.05, 0) is 23.1 Å². The number of fused-ring (bicyclic) bond motifs is 1. The van der Waals surface area contributed by atoms with E-state index in [-0.39, 0.29) is 17.2 Å². The van der Waals surface area contributed by atoms with Crippen molar-refractivity contribution in [1.82, 2.24) is 9.55 Å². The van der Waals surface area contributed by atoms with Gasteiger partial charge in [-0.25, -0.2) is 4.98 Å². The minimum atomic E-state index is -0.319. The van der Waals surface area contributed by atoms with E-state index in [1.807, 2.05) is 18.2 Å². The molecule has 0 fully saturated rings. The quantitative estimate of drug-likeness (QED) is 0.800. The molecule has 104 valence electrons. The maximum Gasteiger partial charge on any atom is 0.192 e. The predicted octanol–water partition coefficient (Wildman–Crippen LogP) is 3.00. The van der Waals surface area contributed by atoms with Crippen LogP contribution in [0.25, 0.3) is 0 Å². The number of rotatable bonds is 1.